The molecule has 6 heteroatoms. The second kappa shape index (κ2) is 5.41. The predicted octanol–water partition coefficient (Wildman–Crippen LogP) is 2.34. The van der Waals surface area contributed by atoms with E-state index in [4.69, 9.17) is 5.73 Å². The first-order valence-electron chi connectivity index (χ1n) is 7.48. The molecule has 0 bridgehead atoms. The van der Waals surface area contributed by atoms with E-state index < -0.39 is 10.0 Å². The Kier molecular flexibility index (Phi) is 4.26. The fourth-order valence-corrected chi connectivity index (χ4v) is 4.01. The zero-order valence-corrected chi connectivity index (χ0v) is 14.4. The maximum atomic E-state index is 12.8. The Balaban J connectivity index is 2.35. The first-order chi connectivity index (χ1) is 9.59. The lowest BCUT2D eigenvalue weighted by molar-refractivity contribution is 0.216. The van der Waals surface area contributed by atoms with Gasteiger partial charge in [0, 0.05) is 37.6 Å². The molecule has 1 saturated carbocycles. The fourth-order valence-electron chi connectivity index (χ4n) is 2.41. The fraction of sp³-hybridized carbons (Fsp3) is 0.733. The van der Waals surface area contributed by atoms with Gasteiger partial charge < -0.3 is 10.3 Å². The van der Waals surface area contributed by atoms with Gasteiger partial charge in [0.15, 0.2) is 0 Å². The molecule has 2 rings (SSSR count). The Morgan fingerprint density at radius 2 is 2.00 bits per heavy atom. The molecule has 1 aliphatic carbocycles. The van der Waals surface area contributed by atoms with Gasteiger partial charge in [-0.2, -0.15) is 4.31 Å². The highest BCUT2D eigenvalue weighted by atomic mass is 32.2. The van der Waals surface area contributed by atoms with Gasteiger partial charge in [-0.3, -0.25) is 0 Å². The molecule has 0 aromatic carbocycles. The van der Waals surface area contributed by atoms with Crippen molar-refractivity contribution in [3.63, 3.8) is 0 Å². The highest BCUT2D eigenvalue weighted by molar-refractivity contribution is 7.89. The van der Waals surface area contributed by atoms with Crippen molar-refractivity contribution in [2.24, 2.45) is 11.1 Å². The molecule has 0 spiro atoms. The number of sulfonamides is 1. The van der Waals surface area contributed by atoms with Gasteiger partial charge in [-0.15, -0.1) is 0 Å². The van der Waals surface area contributed by atoms with Crippen LogP contribution in [0.5, 0.6) is 0 Å². The van der Waals surface area contributed by atoms with Crippen molar-refractivity contribution < 1.29 is 8.42 Å². The van der Waals surface area contributed by atoms with Crippen molar-refractivity contribution in [2.75, 3.05) is 7.05 Å². The zero-order valence-electron chi connectivity index (χ0n) is 13.6. The second-order valence-corrected chi connectivity index (χ2v) is 9.07. The van der Waals surface area contributed by atoms with Crippen molar-refractivity contribution in [3.8, 4) is 0 Å². The summed E-state index contributed by atoms with van der Waals surface area (Å²) >= 11 is 0. The van der Waals surface area contributed by atoms with Gasteiger partial charge in [0.1, 0.15) is 4.90 Å². The van der Waals surface area contributed by atoms with Crippen molar-refractivity contribution in [2.45, 2.75) is 64.1 Å². The van der Waals surface area contributed by atoms with Crippen LogP contribution in [0.1, 0.15) is 52.3 Å². The van der Waals surface area contributed by atoms with Gasteiger partial charge in [0.25, 0.3) is 0 Å². The van der Waals surface area contributed by atoms with Crippen LogP contribution in [-0.2, 0) is 16.6 Å². The summed E-state index contributed by atoms with van der Waals surface area (Å²) in [6.45, 7) is 8.45. The van der Waals surface area contributed by atoms with Gasteiger partial charge in [0.2, 0.25) is 10.0 Å². The lowest BCUT2D eigenvalue weighted by Crippen LogP contribution is -2.42. The number of nitrogens with zero attached hydrogens (tertiary/aromatic N) is 2. The molecule has 2 N–H and O–H groups in total. The number of hydrogen-bond acceptors (Lipinski definition) is 3. The molecule has 0 saturated heterocycles. The van der Waals surface area contributed by atoms with E-state index in [0.717, 1.165) is 18.5 Å². The minimum atomic E-state index is -3.48. The number of rotatable bonds is 5. The molecule has 0 amide bonds. The van der Waals surface area contributed by atoms with E-state index in [1.54, 1.807) is 19.3 Å². The minimum Gasteiger partial charge on any atom is -0.346 e. The monoisotopic (exact) mass is 313 g/mol. The third-order valence-electron chi connectivity index (χ3n) is 4.53. The highest BCUT2D eigenvalue weighted by Gasteiger charge is 2.34. The number of hydrogen-bond donors (Lipinski definition) is 1. The molecule has 1 unspecified atom stereocenters. The van der Waals surface area contributed by atoms with E-state index >= 15 is 0 Å². The summed E-state index contributed by atoms with van der Waals surface area (Å²) in [5, 5.41) is 0. The Labute approximate surface area is 128 Å². The van der Waals surface area contributed by atoms with Crippen LogP contribution in [0.15, 0.2) is 17.2 Å². The summed E-state index contributed by atoms with van der Waals surface area (Å²) in [6, 6.07) is 2.06. The van der Waals surface area contributed by atoms with Gasteiger partial charge in [-0.25, -0.2) is 8.42 Å². The van der Waals surface area contributed by atoms with Crippen LogP contribution < -0.4 is 5.73 Å². The van der Waals surface area contributed by atoms with E-state index in [0.29, 0.717) is 17.5 Å². The quantitative estimate of drug-likeness (QED) is 0.907. The largest absolute Gasteiger partial charge is 0.346 e. The van der Waals surface area contributed by atoms with E-state index in [9.17, 15) is 8.42 Å². The minimum absolute atomic E-state index is 0.0897. The van der Waals surface area contributed by atoms with E-state index in [1.807, 2.05) is 32.3 Å². The molecule has 5 nitrogen and oxygen atoms in total. The predicted molar refractivity (Wildman–Crippen MR) is 84.5 cm³/mol. The molecule has 1 heterocycles. The summed E-state index contributed by atoms with van der Waals surface area (Å²) in [6.07, 6.45) is 3.96. The third-order valence-corrected chi connectivity index (χ3v) is 6.43. The van der Waals surface area contributed by atoms with Gasteiger partial charge >= 0.3 is 0 Å². The normalized spacial score (nSPS) is 18.2. The van der Waals surface area contributed by atoms with Crippen LogP contribution in [0, 0.1) is 5.41 Å². The van der Waals surface area contributed by atoms with Crippen LogP contribution in [0.25, 0.3) is 0 Å². The van der Waals surface area contributed by atoms with Crippen LogP contribution >= 0.6 is 0 Å². The first-order valence-corrected chi connectivity index (χ1v) is 8.92. The molecule has 0 radical (unpaired) electrons. The SMILES string of the molecule is CC(N(C)S(=O)(=O)c1cc(CN)n(C2CC2)c1)C(C)(C)C. The molecule has 0 aliphatic heterocycles. The van der Waals surface area contributed by atoms with Gasteiger partial charge in [-0.05, 0) is 31.2 Å². The zero-order chi connectivity index (χ0) is 16.0. The maximum Gasteiger partial charge on any atom is 0.244 e. The van der Waals surface area contributed by atoms with Crippen LogP contribution in [0.3, 0.4) is 0 Å². The Morgan fingerprint density at radius 1 is 1.43 bits per heavy atom. The topological polar surface area (TPSA) is 68.3 Å². The Bertz CT molecular complexity index is 609. The van der Waals surface area contributed by atoms with Crippen LogP contribution in [0.2, 0.25) is 0 Å². The van der Waals surface area contributed by atoms with Crippen molar-refractivity contribution in [1.82, 2.24) is 8.87 Å². The summed E-state index contributed by atoms with van der Waals surface area (Å²) in [5.41, 5.74) is 6.53. The summed E-state index contributed by atoms with van der Waals surface area (Å²) < 4.78 is 29.1. The molecule has 1 aromatic heterocycles. The second-order valence-electron chi connectivity index (χ2n) is 7.07. The summed E-state index contributed by atoms with van der Waals surface area (Å²) in [5.74, 6) is 0. The van der Waals surface area contributed by atoms with Crippen molar-refractivity contribution >= 4 is 10.0 Å². The average molecular weight is 313 g/mol. The molecule has 21 heavy (non-hydrogen) atoms. The molecule has 120 valence electrons. The first kappa shape index (κ1) is 16.5. The third kappa shape index (κ3) is 3.17. The lowest BCUT2D eigenvalue weighted by atomic mass is 9.88. The van der Waals surface area contributed by atoms with E-state index in [1.165, 1.54) is 4.31 Å². The molecule has 1 aliphatic rings. The lowest BCUT2D eigenvalue weighted by Gasteiger charge is -2.34. The molecule has 1 fully saturated rings. The number of nitrogens with two attached hydrogens (primary N) is 1. The molecular weight excluding hydrogens is 286 g/mol. The van der Waals surface area contributed by atoms with Crippen molar-refractivity contribution in [3.05, 3.63) is 18.0 Å². The van der Waals surface area contributed by atoms with E-state index in [2.05, 4.69) is 0 Å². The number of aromatic nitrogens is 1. The Hall–Kier alpha value is -0.850. The summed E-state index contributed by atoms with van der Waals surface area (Å²) in [4.78, 5) is 0.355. The van der Waals surface area contributed by atoms with E-state index in [-0.39, 0.29) is 11.5 Å². The van der Waals surface area contributed by atoms with Gasteiger partial charge in [-0.1, -0.05) is 20.8 Å². The molecule has 1 aromatic rings. The maximum absolute atomic E-state index is 12.8. The smallest absolute Gasteiger partial charge is 0.244 e. The highest BCUT2D eigenvalue weighted by Crippen LogP contribution is 2.38. The van der Waals surface area contributed by atoms with Crippen LogP contribution in [-0.4, -0.2) is 30.4 Å². The average Bonchev–Trinajstić information content (AvgIpc) is 3.14. The van der Waals surface area contributed by atoms with Crippen molar-refractivity contribution in [1.29, 1.82) is 0 Å². The standard InChI is InChI=1S/C15H27N3O2S/c1-11(15(2,3)4)17(5)21(19,20)14-8-13(9-16)18(10-14)12-6-7-12/h8,10-12H,6-7,9,16H2,1-5H3. The molecular formula is C15H27N3O2S. The van der Waals surface area contributed by atoms with Crippen LogP contribution in [0.4, 0.5) is 0 Å². The Morgan fingerprint density at radius 3 is 2.43 bits per heavy atom. The summed E-state index contributed by atoms with van der Waals surface area (Å²) in [7, 11) is -1.83. The van der Waals surface area contributed by atoms with Gasteiger partial charge in [0.05, 0.1) is 0 Å². The molecule has 1 atom stereocenters.